The highest BCUT2D eigenvalue weighted by atomic mass is 35.5. The maximum atomic E-state index is 13.8. The number of hydrogen-bond acceptors (Lipinski definition) is 5. The van der Waals surface area contributed by atoms with E-state index in [0.29, 0.717) is 0 Å². The minimum atomic E-state index is -4.75. The van der Waals surface area contributed by atoms with Crippen molar-refractivity contribution in [3.63, 3.8) is 0 Å². The molecular weight excluding hydrogens is 468 g/mol. The Labute approximate surface area is 189 Å². The number of phenolic OH excluding ortho intramolecular Hbond substituents is 3. The van der Waals surface area contributed by atoms with Gasteiger partial charge in [0.1, 0.15) is 39.4 Å². The average molecular weight is 483 g/mol. The molecule has 1 aliphatic carbocycles. The van der Waals surface area contributed by atoms with Crippen LogP contribution in [0.3, 0.4) is 0 Å². The molecule has 1 saturated carbocycles. The zero-order valence-corrected chi connectivity index (χ0v) is 17.3. The van der Waals surface area contributed by atoms with Gasteiger partial charge in [-0.15, -0.1) is 0 Å². The van der Waals surface area contributed by atoms with Crippen LogP contribution in [0.2, 0.25) is 5.02 Å². The van der Waals surface area contributed by atoms with E-state index in [-0.39, 0.29) is 23.5 Å². The quantitative estimate of drug-likeness (QED) is 0.289. The SMILES string of the molecule is O=C(c1c(O)cc(O)c(Cl)c1O)C1CC1c1ccc(Oc2ccc(F)cc2)cc1C(F)(F)F. The number of phenols is 3. The Morgan fingerprint density at radius 3 is 2.24 bits per heavy atom. The minimum Gasteiger partial charge on any atom is -0.507 e. The minimum absolute atomic E-state index is 0.0530. The summed E-state index contributed by atoms with van der Waals surface area (Å²) in [7, 11) is 0. The van der Waals surface area contributed by atoms with Crippen LogP contribution in [0.25, 0.3) is 0 Å². The first-order valence-electron chi connectivity index (χ1n) is 9.59. The largest absolute Gasteiger partial charge is 0.507 e. The standard InChI is InChI=1S/C23H15ClF4O5/c24-20-18(30)9-17(29)19(22(20)32)21(31)15-8-14(15)13-6-5-12(7-16(13)23(26,27)28)33-11-3-1-10(25)2-4-11/h1-7,9,14-15,29-30,32H,8H2. The van der Waals surface area contributed by atoms with Crippen molar-refractivity contribution in [1.82, 2.24) is 0 Å². The highest BCUT2D eigenvalue weighted by Gasteiger charge is 2.49. The van der Waals surface area contributed by atoms with Gasteiger partial charge in [0.2, 0.25) is 0 Å². The Morgan fingerprint density at radius 1 is 0.970 bits per heavy atom. The molecule has 172 valence electrons. The van der Waals surface area contributed by atoms with Crippen LogP contribution in [-0.4, -0.2) is 21.1 Å². The van der Waals surface area contributed by atoms with Crippen molar-refractivity contribution < 1.29 is 42.4 Å². The Bertz CT molecular complexity index is 1240. The zero-order valence-electron chi connectivity index (χ0n) is 16.5. The van der Waals surface area contributed by atoms with E-state index in [1.54, 1.807) is 0 Å². The van der Waals surface area contributed by atoms with E-state index in [2.05, 4.69) is 0 Å². The van der Waals surface area contributed by atoms with Gasteiger partial charge in [0.15, 0.2) is 11.5 Å². The normalized spacial score (nSPS) is 17.6. The molecule has 0 amide bonds. The molecule has 3 N–H and O–H groups in total. The number of ketones is 1. The summed E-state index contributed by atoms with van der Waals surface area (Å²) in [5.41, 5.74) is -1.70. The molecule has 2 unspecified atom stereocenters. The number of rotatable bonds is 5. The average Bonchev–Trinajstić information content (AvgIpc) is 3.54. The summed E-state index contributed by atoms with van der Waals surface area (Å²) in [5, 5.41) is 29.0. The summed E-state index contributed by atoms with van der Waals surface area (Å²) < 4.78 is 59.7. The third kappa shape index (κ3) is 4.41. The molecular formula is C23H15ClF4O5. The molecule has 0 bridgehead atoms. The number of alkyl halides is 3. The van der Waals surface area contributed by atoms with Gasteiger partial charge < -0.3 is 20.1 Å². The maximum Gasteiger partial charge on any atom is 0.416 e. The molecule has 0 aliphatic heterocycles. The van der Waals surface area contributed by atoms with Gasteiger partial charge in [0.25, 0.3) is 0 Å². The second-order valence-corrected chi connectivity index (χ2v) is 7.95. The highest BCUT2D eigenvalue weighted by molar-refractivity contribution is 6.34. The van der Waals surface area contributed by atoms with Gasteiger partial charge in [-0.2, -0.15) is 13.2 Å². The monoisotopic (exact) mass is 482 g/mol. The van der Waals surface area contributed by atoms with Gasteiger partial charge in [0.05, 0.1) is 5.56 Å². The van der Waals surface area contributed by atoms with Crippen LogP contribution in [0.1, 0.15) is 33.8 Å². The number of carbonyl (C=O) groups excluding carboxylic acids is 1. The number of carbonyl (C=O) groups is 1. The zero-order chi connectivity index (χ0) is 24.1. The van der Waals surface area contributed by atoms with E-state index in [1.165, 1.54) is 24.3 Å². The third-order valence-corrected chi connectivity index (χ3v) is 5.72. The van der Waals surface area contributed by atoms with E-state index in [4.69, 9.17) is 16.3 Å². The lowest BCUT2D eigenvalue weighted by Crippen LogP contribution is -2.11. The van der Waals surface area contributed by atoms with Gasteiger partial charge in [-0.3, -0.25) is 4.79 Å². The Balaban J connectivity index is 1.63. The van der Waals surface area contributed by atoms with Gasteiger partial charge in [0, 0.05) is 12.0 Å². The molecule has 10 heteroatoms. The molecule has 2 atom stereocenters. The highest BCUT2D eigenvalue weighted by Crippen LogP contribution is 2.55. The molecule has 0 radical (unpaired) electrons. The van der Waals surface area contributed by atoms with E-state index >= 15 is 0 Å². The molecule has 3 aromatic rings. The Morgan fingerprint density at radius 2 is 1.61 bits per heavy atom. The predicted octanol–water partition coefficient (Wildman–Crippen LogP) is 6.39. The first kappa shape index (κ1) is 22.7. The van der Waals surface area contributed by atoms with E-state index in [1.807, 2.05) is 0 Å². The molecule has 0 heterocycles. The second kappa shape index (κ2) is 8.15. The molecule has 3 aromatic carbocycles. The fourth-order valence-corrected chi connectivity index (χ4v) is 3.83. The molecule has 1 fully saturated rings. The lowest BCUT2D eigenvalue weighted by atomic mass is 9.97. The molecule has 4 rings (SSSR count). The van der Waals surface area contributed by atoms with Gasteiger partial charge >= 0.3 is 6.18 Å². The molecule has 33 heavy (non-hydrogen) atoms. The van der Waals surface area contributed by atoms with Gasteiger partial charge in [-0.05, 0) is 54.3 Å². The fourth-order valence-electron chi connectivity index (χ4n) is 3.68. The van der Waals surface area contributed by atoms with Gasteiger partial charge in [-0.25, -0.2) is 4.39 Å². The van der Waals surface area contributed by atoms with Crippen molar-refractivity contribution in [2.24, 2.45) is 5.92 Å². The van der Waals surface area contributed by atoms with Crippen LogP contribution in [0.4, 0.5) is 17.6 Å². The van der Waals surface area contributed by atoms with E-state index < -0.39 is 63.0 Å². The van der Waals surface area contributed by atoms with E-state index in [0.717, 1.165) is 24.3 Å². The lowest BCUT2D eigenvalue weighted by Gasteiger charge is -2.15. The molecule has 5 nitrogen and oxygen atoms in total. The van der Waals surface area contributed by atoms with Crippen LogP contribution in [-0.2, 0) is 6.18 Å². The fraction of sp³-hybridized carbons (Fsp3) is 0.174. The van der Waals surface area contributed by atoms with Crippen molar-refractivity contribution in [2.75, 3.05) is 0 Å². The maximum absolute atomic E-state index is 13.8. The number of halogens is 5. The summed E-state index contributed by atoms with van der Waals surface area (Å²) in [6.07, 6.45) is -4.70. The number of Topliss-reactive ketones (excluding diaryl/α,β-unsaturated/α-hetero) is 1. The van der Waals surface area contributed by atoms with Crippen LogP contribution >= 0.6 is 11.6 Å². The number of ether oxygens (including phenoxy) is 1. The van der Waals surface area contributed by atoms with Crippen LogP contribution in [0.15, 0.2) is 48.5 Å². The van der Waals surface area contributed by atoms with Crippen molar-refractivity contribution >= 4 is 17.4 Å². The van der Waals surface area contributed by atoms with E-state index in [9.17, 15) is 37.7 Å². The molecule has 0 aromatic heterocycles. The number of aromatic hydroxyl groups is 3. The van der Waals surface area contributed by atoms with Crippen LogP contribution in [0, 0.1) is 11.7 Å². The summed E-state index contributed by atoms with van der Waals surface area (Å²) >= 11 is 5.71. The second-order valence-electron chi connectivity index (χ2n) is 7.57. The smallest absolute Gasteiger partial charge is 0.416 e. The topological polar surface area (TPSA) is 87.0 Å². The van der Waals surface area contributed by atoms with Crippen molar-refractivity contribution in [3.8, 4) is 28.7 Å². The first-order valence-corrected chi connectivity index (χ1v) is 9.97. The first-order chi connectivity index (χ1) is 15.5. The third-order valence-electron chi connectivity index (χ3n) is 5.35. The summed E-state index contributed by atoms with van der Waals surface area (Å²) in [6, 6.07) is 8.83. The number of hydrogen-bond donors (Lipinski definition) is 3. The van der Waals surface area contributed by atoms with Crippen LogP contribution in [0.5, 0.6) is 28.7 Å². The summed E-state index contributed by atoms with van der Waals surface area (Å²) in [6.45, 7) is 0. The Kier molecular flexibility index (Phi) is 5.61. The molecule has 0 saturated heterocycles. The summed E-state index contributed by atoms with van der Waals surface area (Å²) in [5.74, 6) is -5.28. The van der Waals surface area contributed by atoms with Crippen LogP contribution < -0.4 is 4.74 Å². The van der Waals surface area contributed by atoms with Crippen molar-refractivity contribution in [2.45, 2.75) is 18.5 Å². The van der Waals surface area contributed by atoms with Crippen molar-refractivity contribution in [3.05, 3.63) is 76.1 Å². The number of benzene rings is 3. The Hall–Kier alpha value is -3.46. The molecule has 0 spiro atoms. The van der Waals surface area contributed by atoms with Gasteiger partial charge in [-0.1, -0.05) is 17.7 Å². The predicted molar refractivity (Wildman–Crippen MR) is 110 cm³/mol. The van der Waals surface area contributed by atoms with Crippen molar-refractivity contribution in [1.29, 1.82) is 0 Å². The summed E-state index contributed by atoms with van der Waals surface area (Å²) in [4.78, 5) is 12.8. The lowest BCUT2D eigenvalue weighted by molar-refractivity contribution is -0.138. The molecule has 1 aliphatic rings.